The molecule has 1 atom stereocenters. The molecule has 0 aliphatic heterocycles. The SMILES string of the molecule is Cc1cc(OCC(=O)N(Cc2ccccc2)[C@H](Cc2ccccc2)C(=O)NCC(C)C)cc(C)c1Br. The number of hydrogen-bond donors (Lipinski definition) is 1. The van der Waals surface area contributed by atoms with Crippen LogP contribution in [0.5, 0.6) is 5.75 Å². The third kappa shape index (κ3) is 7.95. The molecule has 36 heavy (non-hydrogen) atoms. The van der Waals surface area contributed by atoms with E-state index in [1.165, 1.54) is 0 Å². The summed E-state index contributed by atoms with van der Waals surface area (Å²) in [5.41, 5.74) is 4.02. The molecule has 0 fully saturated rings. The first kappa shape index (κ1) is 27.5. The number of benzene rings is 3. The summed E-state index contributed by atoms with van der Waals surface area (Å²) in [4.78, 5) is 28.7. The normalized spacial score (nSPS) is 11.7. The Labute approximate surface area is 223 Å². The van der Waals surface area contributed by atoms with Crippen LogP contribution >= 0.6 is 15.9 Å². The van der Waals surface area contributed by atoms with E-state index in [4.69, 9.17) is 4.74 Å². The average molecular weight is 552 g/mol. The van der Waals surface area contributed by atoms with Gasteiger partial charge in [-0.05, 0) is 54.2 Å². The number of hydrogen-bond acceptors (Lipinski definition) is 3. The molecule has 3 aromatic carbocycles. The van der Waals surface area contributed by atoms with Gasteiger partial charge in [0.25, 0.3) is 5.91 Å². The smallest absolute Gasteiger partial charge is 0.261 e. The minimum atomic E-state index is -0.671. The van der Waals surface area contributed by atoms with Crippen LogP contribution < -0.4 is 10.1 Å². The van der Waals surface area contributed by atoms with E-state index in [9.17, 15) is 9.59 Å². The van der Waals surface area contributed by atoms with Gasteiger partial charge < -0.3 is 15.0 Å². The molecule has 0 aliphatic rings. The second kappa shape index (κ2) is 13.3. The predicted octanol–water partition coefficient (Wildman–Crippen LogP) is 5.86. The Bertz CT molecular complexity index is 1130. The lowest BCUT2D eigenvalue weighted by Gasteiger charge is -2.31. The van der Waals surface area contributed by atoms with Crippen LogP contribution in [-0.4, -0.2) is 35.9 Å². The Balaban J connectivity index is 1.89. The largest absolute Gasteiger partial charge is 0.484 e. The van der Waals surface area contributed by atoms with Crippen molar-refractivity contribution in [3.63, 3.8) is 0 Å². The number of carbonyl (C=O) groups excluding carboxylic acids is 2. The summed E-state index contributed by atoms with van der Waals surface area (Å²) in [6.45, 7) is 8.78. The number of ether oxygens (including phenoxy) is 1. The number of aryl methyl sites for hydroxylation is 2. The second-order valence-corrected chi connectivity index (χ2v) is 10.3. The quantitative estimate of drug-likeness (QED) is 0.325. The topological polar surface area (TPSA) is 58.6 Å². The highest BCUT2D eigenvalue weighted by Crippen LogP contribution is 2.26. The maximum Gasteiger partial charge on any atom is 0.261 e. The van der Waals surface area contributed by atoms with Crippen molar-refractivity contribution in [1.29, 1.82) is 0 Å². The first-order valence-electron chi connectivity index (χ1n) is 12.3. The standard InChI is InChI=1S/C30H35BrN2O3/c1-21(2)18-32-30(35)27(17-24-11-7-5-8-12-24)33(19-25-13-9-6-10-14-25)28(34)20-36-26-15-22(3)29(31)23(4)16-26/h5-16,21,27H,17-20H2,1-4H3,(H,32,35)/t27-/m1/s1. The lowest BCUT2D eigenvalue weighted by molar-refractivity contribution is -0.142. The minimum Gasteiger partial charge on any atom is -0.484 e. The predicted molar refractivity (Wildman–Crippen MR) is 148 cm³/mol. The van der Waals surface area contributed by atoms with E-state index < -0.39 is 6.04 Å². The fourth-order valence-electron chi connectivity index (χ4n) is 3.97. The third-order valence-electron chi connectivity index (χ3n) is 5.92. The van der Waals surface area contributed by atoms with E-state index in [1.54, 1.807) is 4.90 Å². The van der Waals surface area contributed by atoms with Crippen LogP contribution in [0.2, 0.25) is 0 Å². The van der Waals surface area contributed by atoms with Crippen LogP contribution in [-0.2, 0) is 22.6 Å². The van der Waals surface area contributed by atoms with Crippen molar-refractivity contribution in [2.75, 3.05) is 13.2 Å². The highest BCUT2D eigenvalue weighted by Gasteiger charge is 2.30. The van der Waals surface area contributed by atoms with E-state index in [2.05, 4.69) is 35.1 Å². The van der Waals surface area contributed by atoms with Crippen molar-refractivity contribution in [3.8, 4) is 5.75 Å². The molecule has 0 radical (unpaired) electrons. The van der Waals surface area contributed by atoms with Gasteiger partial charge in [-0.25, -0.2) is 0 Å². The Morgan fingerprint density at radius 1 is 0.917 bits per heavy atom. The van der Waals surface area contributed by atoms with Gasteiger partial charge in [0.15, 0.2) is 6.61 Å². The molecule has 190 valence electrons. The summed E-state index contributed by atoms with van der Waals surface area (Å²) in [6.07, 6.45) is 0.417. The zero-order chi connectivity index (χ0) is 26.1. The Hall–Kier alpha value is -3.12. The summed E-state index contributed by atoms with van der Waals surface area (Å²) in [5, 5.41) is 3.04. The van der Waals surface area contributed by atoms with Gasteiger partial charge >= 0.3 is 0 Å². The summed E-state index contributed by atoms with van der Waals surface area (Å²) in [7, 11) is 0. The summed E-state index contributed by atoms with van der Waals surface area (Å²) >= 11 is 3.57. The molecule has 3 rings (SSSR count). The van der Waals surface area contributed by atoms with Gasteiger partial charge in [-0.2, -0.15) is 0 Å². The lowest BCUT2D eigenvalue weighted by atomic mass is 10.0. The molecule has 0 saturated carbocycles. The number of carbonyl (C=O) groups is 2. The molecule has 3 aromatic rings. The van der Waals surface area contributed by atoms with Gasteiger partial charge in [0.2, 0.25) is 5.91 Å². The van der Waals surface area contributed by atoms with Gasteiger partial charge in [0, 0.05) is 24.0 Å². The van der Waals surface area contributed by atoms with E-state index >= 15 is 0 Å². The molecule has 0 unspecified atom stereocenters. The number of halogens is 1. The average Bonchev–Trinajstić information content (AvgIpc) is 2.87. The maximum absolute atomic E-state index is 13.6. The summed E-state index contributed by atoms with van der Waals surface area (Å²) in [5.74, 6) is 0.534. The molecule has 0 aromatic heterocycles. The van der Waals surface area contributed by atoms with Gasteiger partial charge in [-0.3, -0.25) is 9.59 Å². The van der Waals surface area contributed by atoms with Crippen LogP contribution in [0.1, 0.15) is 36.1 Å². The van der Waals surface area contributed by atoms with Crippen LogP contribution in [0.15, 0.2) is 77.3 Å². The summed E-state index contributed by atoms with van der Waals surface area (Å²) in [6, 6.07) is 22.7. The Morgan fingerprint density at radius 2 is 1.47 bits per heavy atom. The maximum atomic E-state index is 13.6. The van der Waals surface area contributed by atoms with Gasteiger partial charge in [0.1, 0.15) is 11.8 Å². The fraction of sp³-hybridized carbons (Fsp3) is 0.333. The highest BCUT2D eigenvalue weighted by molar-refractivity contribution is 9.10. The van der Waals surface area contributed by atoms with E-state index in [-0.39, 0.29) is 18.4 Å². The third-order valence-corrected chi connectivity index (χ3v) is 7.17. The van der Waals surface area contributed by atoms with Crippen LogP contribution in [0.25, 0.3) is 0 Å². The number of rotatable bonds is 11. The summed E-state index contributed by atoms with van der Waals surface area (Å²) < 4.78 is 6.96. The van der Waals surface area contributed by atoms with Gasteiger partial charge in [-0.1, -0.05) is 90.4 Å². The molecule has 2 amide bonds. The molecular formula is C30H35BrN2O3. The molecule has 6 heteroatoms. The van der Waals surface area contributed by atoms with Crippen LogP contribution in [0.3, 0.4) is 0 Å². The minimum absolute atomic E-state index is 0.157. The molecule has 0 heterocycles. The van der Waals surface area contributed by atoms with Gasteiger partial charge in [-0.15, -0.1) is 0 Å². The van der Waals surface area contributed by atoms with Crippen LogP contribution in [0.4, 0.5) is 0 Å². The molecule has 0 bridgehead atoms. The van der Waals surface area contributed by atoms with Crippen molar-refractivity contribution in [1.82, 2.24) is 10.2 Å². The molecule has 0 aliphatic carbocycles. The van der Waals surface area contributed by atoms with Crippen molar-refractivity contribution >= 4 is 27.7 Å². The van der Waals surface area contributed by atoms with Crippen LogP contribution in [0, 0.1) is 19.8 Å². The molecule has 0 saturated heterocycles. The molecule has 0 spiro atoms. The zero-order valence-electron chi connectivity index (χ0n) is 21.5. The van der Waals surface area contributed by atoms with Crippen molar-refractivity contribution < 1.29 is 14.3 Å². The van der Waals surface area contributed by atoms with E-state index in [0.717, 1.165) is 26.7 Å². The number of nitrogens with one attached hydrogen (secondary N) is 1. The van der Waals surface area contributed by atoms with Gasteiger partial charge in [0.05, 0.1) is 0 Å². The first-order chi connectivity index (χ1) is 17.2. The molecule has 1 N–H and O–H groups in total. The monoisotopic (exact) mass is 550 g/mol. The fourth-order valence-corrected chi connectivity index (χ4v) is 4.20. The molecular weight excluding hydrogens is 516 g/mol. The Kier molecular flexibility index (Phi) is 10.1. The van der Waals surface area contributed by atoms with Crippen molar-refractivity contribution in [2.24, 2.45) is 5.92 Å². The number of nitrogens with zero attached hydrogens (tertiary/aromatic N) is 1. The number of amides is 2. The Morgan fingerprint density at radius 3 is 2.03 bits per heavy atom. The highest BCUT2D eigenvalue weighted by atomic mass is 79.9. The van der Waals surface area contributed by atoms with E-state index in [1.807, 2.05) is 86.6 Å². The zero-order valence-corrected chi connectivity index (χ0v) is 23.0. The van der Waals surface area contributed by atoms with Crippen molar-refractivity contribution in [3.05, 3.63) is 99.5 Å². The molecule has 5 nitrogen and oxygen atoms in total. The van der Waals surface area contributed by atoms with E-state index in [0.29, 0.717) is 31.2 Å². The van der Waals surface area contributed by atoms with Crippen molar-refractivity contribution in [2.45, 2.75) is 46.7 Å². The first-order valence-corrected chi connectivity index (χ1v) is 13.1. The second-order valence-electron chi connectivity index (χ2n) is 9.51. The lowest BCUT2D eigenvalue weighted by Crippen LogP contribution is -2.52.